The molecule has 8 nitrogen and oxygen atoms in total. The predicted octanol–water partition coefficient (Wildman–Crippen LogP) is 2.28. The summed E-state index contributed by atoms with van der Waals surface area (Å²) in [7, 11) is -2.50. The van der Waals surface area contributed by atoms with Crippen LogP contribution in [0.15, 0.2) is 59.5 Å². The number of nitrogens with zero attached hydrogens (tertiary/aromatic N) is 3. The van der Waals surface area contributed by atoms with Crippen molar-refractivity contribution in [3.05, 3.63) is 65.9 Å². The van der Waals surface area contributed by atoms with Gasteiger partial charge in [-0.3, -0.25) is 10.0 Å². The molecule has 152 valence electrons. The molecule has 2 aromatic carbocycles. The van der Waals surface area contributed by atoms with Gasteiger partial charge in [-0.15, -0.1) is 0 Å². The first-order valence-corrected chi connectivity index (χ1v) is 10.4. The molecular formula is C20H22N4O4S. The van der Waals surface area contributed by atoms with Gasteiger partial charge in [0.1, 0.15) is 0 Å². The van der Waals surface area contributed by atoms with Gasteiger partial charge in [0.05, 0.1) is 22.0 Å². The van der Waals surface area contributed by atoms with Crippen molar-refractivity contribution in [3.63, 3.8) is 0 Å². The van der Waals surface area contributed by atoms with Crippen LogP contribution in [0.5, 0.6) is 0 Å². The van der Waals surface area contributed by atoms with E-state index in [0.717, 1.165) is 16.8 Å². The zero-order valence-electron chi connectivity index (χ0n) is 16.1. The maximum atomic E-state index is 11.7. The van der Waals surface area contributed by atoms with Crippen molar-refractivity contribution >= 4 is 15.9 Å². The highest BCUT2D eigenvalue weighted by atomic mass is 32.2. The third-order valence-electron chi connectivity index (χ3n) is 4.47. The Morgan fingerprint density at radius 3 is 2.31 bits per heavy atom. The zero-order valence-corrected chi connectivity index (χ0v) is 16.9. The van der Waals surface area contributed by atoms with E-state index in [1.807, 2.05) is 37.3 Å². The fourth-order valence-electron chi connectivity index (χ4n) is 2.85. The molecule has 3 N–H and O–H groups in total. The van der Waals surface area contributed by atoms with E-state index in [1.54, 1.807) is 16.8 Å². The Balaban J connectivity index is 2.01. The van der Waals surface area contributed by atoms with E-state index in [-0.39, 0.29) is 11.3 Å². The summed E-state index contributed by atoms with van der Waals surface area (Å²) in [5.74, 6) is -0.408. The van der Waals surface area contributed by atoms with E-state index in [0.29, 0.717) is 22.9 Å². The lowest BCUT2D eigenvalue weighted by Gasteiger charge is -2.09. The quantitative estimate of drug-likeness (QED) is 0.474. The normalized spacial score (nSPS) is 11.4. The van der Waals surface area contributed by atoms with Gasteiger partial charge >= 0.3 is 0 Å². The lowest BCUT2D eigenvalue weighted by atomic mass is 10.1. The summed E-state index contributed by atoms with van der Waals surface area (Å²) in [4.78, 5) is 11.7. The molecule has 3 rings (SSSR count). The molecule has 0 unspecified atom stereocenters. The first kappa shape index (κ1) is 20.7. The largest absolute Gasteiger partial charge is 0.286 e. The summed E-state index contributed by atoms with van der Waals surface area (Å²) in [6.45, 7) is 2.00. The van der Waals surface area contributed by atoms with Crippen LogP contribution in [-0.2, 0) is 21.2 Å². The zero-order chi connectivity index (χ0) is 21.2. The molecule has 3 aromatic rings. The van der Waals surface area contributed by atoms with Gasteiger partial charge in [0.15, 0.2) is 0 Å². The number of nitrogens with two attached hydrogens (primary N) is 1. The Labute approximate surface area is 169 Å². The molecule has 0 saturated carbocycles. The lowest BCUT2D eigenvalue weighted by molar-refractivity contribution is -0.159. The third-order valence-corrected chi connectivity index (χ3v) is 5.40. The highest BCUT2D eigenvalue weighted by Crippen LogP contribution is 2.25. The number of carbonyl (C=O) groups excluding carboxylic acids is 1. The molecule has 0 bridgehead atoms. The monoisotopic (exact) mass is 414 g/mol. The number of amides is 1. The summed E-state index contributed by atoms with van der Waals surface area (Å²) < 4.78 is 24.7. The van der Waals surface area contributed by atoms with Crippen LogP contribution in [0.25, 0.3) is 16.9 Å². The van der Waals surface area contributed by atoms with Gasteiger partial charge in [0.25, 0.3) is 0 Å². The van der Waals surface area contributed by atoms with Crippen LogP contribution >= 0.6 is 0 Å². The topological polar surface area (TPSA) is 119 Å². The summed E-state index contributed by atoms with van der Waals surface area (Å²) in [6, 6.07) is 15.9. The number of primary sulfonamides is 1. The number of rotatable bonds is 6. The van der Waals surface area contributed by atoms with E-state index >= 15 is 0 Å². The SMILES string of the molecule is Cc1ccc(-c2cc(CCC(=O)N(C)O)nn2-c2ccc(S(N)(=O)=O)cc2)cc1. The number of sulfonamides is 1. The van der Waals surface area contributed by atoms with Crippen molar-refractivity contribution in [1.82, 2.24) is 14.8 Å². The van der Waals surface area contributed by atoms with Crippen molar-refractivity contribution in [2.75, 3.05) is 7.05 Å². The van der Waals surface area contributed by atoms with E-state index < -0.39 is 15.9 Å². The molecule has 0 aliphatic rings. The summed E-state index contributed by atoms with van der Waals surface area (Å²) in [5, 5.41) is 19.5. The number of benzene rings is 2. The number of hydroxylamine groups is 2. The molecule has 1 aromatic heterocycles. The Kier molecular flexibility index (Phi) is 5.83. The number of aryl methyl sites for hydroxylation is 2. The average Bonchev–Trinajstić information content (AvgIpc) is 3.10. The molecule has 9 heteroatoms. The molecule has 0 atom stereocenters. The van der Waals surface area contributed by atoms with Gasteiger partial charge in [0, 0.05) is 25.5 Å². The minimum Gasteiger partial charge on any atom is -0.286 e. The molecule has 0 fully saturated rings. The first-order valence-electron chi connectivity index (χ1n) is 8.90. The highest BCUT2D eigenvalue weighted by Gasteiger charge is 2.15. The fraction of sp³-hybridized carbons (Fsp3) is 0.200. The van der Waals surface area contributed by atoms with Crippen LogP contribution in [0.2, 0.25) is 0 Å². The summed E-state index contributed by atoms with van der Waals surface area (Å²) >= 11 is 0. The van der Waals surface area contributed by atoms with Gasteiger partial charge in [-0.1, -0.05) is 29.8 Å². The van der Waals surface area contributed by atoms with Gasteiger partial charge in [0.2, 0.25) is 15.9 Å². The second-order valence-corrected chi connectivity index (χ2v) is 8.32. The summed E-state index contributed by atoms with van der Waals surface area (Å²) in [5.41, 5.74) is 4.17. The van der Waals surface area contributed by atoms with Crippen molar-refractivity contribution in [1.29, 1.82) is 0 Å². The standard InChI is InChI=1S/C20H22N4O4S/c1-14-3-5-15(6-4-14)19-13-16(7-12-20(25)23(2)26)22-24(19)17-8-10-18(11-9-17)29(21,27)28/h3-6,8-11,13,26H,7,12H2,1-2H3,(H2,21,27,28). The minimum atomic E-state index is -3.79. The van der Waals surface area contributed by atoms with Gasteiger partial charge in [-0.2, -0.15) is 5.10 Å². The second-order valence-electron chi connectivity index (χ2n) is 6.76. The predicted molar refractivity (Wildman–Crippen MR) is 108 cm³/mol. The van der Waals surface area contributed by atoms with Crippen molar-refractivity contribution in [3.8, 4) is 16.9 Å². The van der Waals surface area contributed by atoms with E-state index in [1.165, 1.54) is 19.2 Å². The van der Waals surface area contributed by atoms with Gasteiger partial charge < -0.3 is 0 Å². The van der Waals surface area contributed by atoms with Crippen molar-refractivity contribution in [2.24, 2.45) is 5.14 Å². The smallest absolute Gasteiger partial charge is 0.246 e. The van der Waals surface area contributed by atoms with E-state index in [2.05, 4.69) is 5.10 Å². The Hall–Kier alpha value is -3.01. The molecule has 0 aliphatic heterocycles. The summed E-state index contributed by atoms with van der Waals surface area (Å²) in [6.07, 6.45) is 0.465. The number of hydrogen-bond acceptors (Lipinski definition) is 5. The molecule has 0 spiro atoms. The van der Waals surface area contributed by atoms with Crippen LogP contribution in [0.1, 0.15) is 17.7 Å². The number of carbonyl (C=O) groups is 1. The van der Waals surface area contributed by atoms with Gasteiger partial charge in [-0.05, 0) is 37.3 Å². The van der Waals surface area contributed by atoms with Crippen LogP contribution in [-0.4, -0.2) is 41.4 Å². The van der Waals surface area contributed by atoms with Crippen molar-refractivity contribution < 1.29 is 18.4 Å². The molecule has 0 radical (unpaired) electrons. The Morgan fingerprint density at radius 1 is 1.14 bits per heavy atom. The average molecular weight is 414 g/mol. The molecule has 0 aliphatic carbocycles. The van der Waals surface area contributed by atoms with E-state index in [9.17, 15) is 18.4 Å². The first-order chi connectivity index (χ1) is 13.6. The maximum Gasteiger partial charge on any atom is 0.246 e. The number of hydrogen-bond donors (Lipinski definition) is 2. The van der Waals surface area contributed by atoms with Crippen LogP contribution < -0.4 is 5.14 Å². The second kappa shape index (κ2) is 8.16. The number of aromatic nitrogens is 2. The van der Waals surface area contributed by atoms with Crippen molar-refractivity contribution in [2.45, 2.75) is 24.7 Å². The highest BCUT2D eigenvalue weighted by molar-refractivity contribution is 7.89. The fourth-order valence-corrected chi connectivity index (χ4v) is 3.37. The Morgan fingerprint density at radius 2 is 1.76 bits per heavy atom. The molecule has 0 saturated heterocycles. The molecule has 1 heterocycles. The molecular weight excluding hydrogens is 392 g/mol. The lowest BCUT2D eigenvalue weighted by Crippen LogP contribution is -2.22. The minimum absolute atomic E-state index is 0.0158. The van der Waals surface area contributed by atoms with Crippen LogP contribution in [0.3, 0.4) is 0 Å². The van der Waals surface area contributed by atoms with Crippen LogP contribution in [0.4, 0.5) is 0 Å². The van der Waals surface area contributed by atoms with Crippen LogP contribution in [0, 0.1) is 6.92 Å². The van der Waals surface area contributed by atoms with Gasteiger partial charge in [-0.25, -0.2) is 23.3 Å². The third kappa shape index (κ3) is 4.89. The van der Waals surface area contributed by atoms with E-state index in [4.69, 9.17) is 5.14 Å². The maximum absolute atomic E-state index is 11.7. The Bertz CT molecular complexity index is 1120. The molecule has 29 heavy (non-hydrogen) atoms. The molecule has 1 amide bonds.